The van der Waals surface area contributed by atoms with E-state index in [4.69, 9.17) is 5.11 Å². The number of carboxylic acids is 1. The zero-order valence-electron chi connectivity index (χ0n) is 10.9. The van der Waals surface area contributed by atoms with Gasteiger partial charge in [0.1, 0.15) is 11.6 Å². The van der Waals surface area contributed by atoms with Gasteiger partial charge in [0.25, 0.3) is 5.91 Å². The molecule has 1 amide bonds. The van der Waals surface area contributed by atoms with Gasteiger partial charge in [-0.15, -0.1) is 0 Å². The summed E-state index contributed by atoms with van der Waals surface area (Å²) < 4.78 is 26.8. The Morgan fingerprint density at radius 3 is 2.52 bits per heavy atom. The number of aryl methyl sites for hydroxylation is 1. The highest BCUT2D eigenvalue weighted by molar-refractivity contribution is 6.04. The largest absolute Gasteiger partial charge is 0.478 e. The second kappa shape index (κ2) is 5.66. The second-order valence-corrected chi connectivity index (χ2v) is 4.26. The predicted octanol–water partition coefficient (Wildman–Crippen LogP) is 2.62. The summed E-state index contributed by atoms with van der Waals surface area (Å²) in [6, 6.07) is 4.05. The van der Waals surface area contributed by atoms with Crippen LogP contribution >= 0.6 is 0 Å². The van der Waals surface area contributed by atoms with Crippen LogP contribution in [0.1, 0.15) is 26.4 Å². The van der Waals surface area contributed by atoms with Crippen molar-refractivity contribution in [3.8, 4) is 0 Å². The topological polar surface area (TPSA) is 79.3 Å². The van der Waals surface area contributed by atoms with Gasteiger partial charge in [-0.2, -0.15) is 0 Å². The summed E-state index contributed by atoms with van der Waals surface area (Å²) in [6.45, 7) is 1.68. The smallest absolute Gasteiger partial charge is 0.338 e. The average molecular weight is 292 g/mol. The third kappa shape index (κ3) is 3.19. The summed E-state index contributed by atoms with van der Waals surface area (Å²) in [7, 11) is 0. The van der Waals surface area contributed by atoms with E-state index in [1.165, 1.54) is 18.3 Å². The minimum Gasteiger partial charge on any atom is -0.478 e. The van der Waals surface area contributed by atoms with Crippen molar-refractivity contribution in [1.29, 1.82) is 0 Å². The van der Waals surface area contributed by atoms with E-state index < -0.39 is 34.8 Å². The maximum atomic E-state index is 13.6. The van der Waals surface area contributed by atoms with E-state index in [-0.39, 0.29) is 5.56 Å². The van der Waals surface area contributed by atoms with Gasteiger partial charge in [0, 0.05) is 23.5 Å². The van der Waals surface area contributed by atoms with Crippen LogP contribution in [0.3, 0.4) is 0 Å². The van der Waals surface area contributed by atoms with Crippen LogP contribution in [0.2, 0.25) is 0 Å². The average Bonchev–Trinajstić information content (AvgIpc) is 2.41. The predicted molar refractivity (Wildman–Crippen MR) is 70.2 cm³/mol. The second-order valence-electron chi connectivity index (χ2n) is 4.26. The lowest BCUT2D eigenvalue weighted by atomic mass is 10.1. The van der Waals surface area contributed by atoms with Gasteiger partial charge in [-0.05, 0) is 25.1 Å². The Hall–Kier alpha value is -2.83. The molecule has 2 rings (SSSR count). The van der Waals surface area contributed by atoms with Gasteiger partial charge in [0.05, 0.1) is 11.3 Å². The molecule has 0 atom stereocenters. The van der Waals surface area contributed by atoms with Crippen LogP contribution in [0.4, 0.5) is 14.5 Å². The van der Waals surface area contributed by atoms with Crippen molar-refractivity contribution in [2.24, 2.45) is 0 Å². The number of halogens is 2. The molecule has 21 heavy (non-hydrogen) atoms. The normalized spacial score (nSPS) is 10.2. The quantitative estimate of drug-likeness (QED) is 0.911. The van der Waals surface area contributed by atoms with Gasteiger partial charge in [-0.3, -0.25) is 9.78 Å². The van der Waals surface area contributed by atoms with Crippen molar-refractivity contribution < 1.29 is 23.5 Å². The van der Waals surface area contributed by atoms with Gasteiger partial charge < -0.3 is 10.4 Å². The lowest BCUT2D eigenvalue weighted by Gasteiger charge is -2.08. The molecule has 1 aromatic carbocycles. The molecule has 0 radical (unpaired) electrons. The van der Waals surface area contributed by atoms with Crippen molar-refractivity contribution in [1.82, 2.24) is 4.98 Å². The number of aromatic carboxylic acids is 1. The molecule has 2 aromatic rings. The van der Waals surface area contributed by atoms with Crippen molar-refractivity contribution >= 4 is 17.6 Å². The third-order valence-electron chi connectivity index (χ3n) is 2.69. The number of carbonyl (C=O) groups is 2. The van der Waals surface area contributed by atoms with E-state index in [1.54, 1.807) is 6.92 Å². The fourth-order valence-electron chi connectivity index (χ4n) is 1.69. The Balaban J connectivity index is 2.33. The van der Waals surface area contributed by atoms with E-state index in [1.807, 2.05) is 0 Å². The highest BCUT2D eigenvalue weighted by Crippen LogP contribution is 2.20. The Morgan fingerprint density at radius 2 is 1.90 bits per heavy atom. The van der Waals surface area contributed by atoms with Gasteiger partial charge in [-0.1, -0.05) is 0 Å². The molecule has 7 heteroatoms. The van der Waals surface area contributed by atoms with Gasteiger partial charge in [-0.25, -0.2) is 13.6 Å². The molecule has 0 spiro atoms. The number of hydrogen-bond acceptors (Lipinski definition) is 3. The van der Waals surface area contributed by atoms with Crippen LogP contribution in [0.5, 0.6) is 0 Å². The molecule has 2 N–H and O–H groups in total. The number of carboxylic acid groups (broad SMARTS) is 1. The van der Waals surface area contributed by atoms with Crippen molar-refractivity contribution in [2.45, 2.75) is 6.92 Å². The van der Waals surface area contributed by atoms with E-state index in [0.717, 1.165) is 6.07 Å². The standard InChI is InChI=1S/C14H10F2N2O3/c1-7-4-8(2-3-17-7)13(19)18-12-5-9(14(20)21)10(15)6-11(12)16/h2-6H,1H3,(H,18,19)(H,20,21). The summed E-state index contributed by atoms with van der Waals surface area (Å²) in [5.74, 6) is -4.47. The first kappa shape index (κ1) is 14.6. The fraction of sp³-hybridized carbons (Fsp3) is 0.0714. The molecule has 0 unspecified atom stereocenters. The number of amides is 1. The van der Waals surface area contributed by atoms with Gasteiger partial charge in [0.15, 0.2) is 0 Å². The Labute approximate surface area is 118 Å². The molecule has 1 heterocycles. The summed E-state index contributed by atoms with van der Waals surface area (Å²) in [6.07, 6.45) is 1.41. The SMILES string of the molecule is Cc1cc(C(=O)Nc2cc(C(=O)O)c(F)cc2F)ccn1. The molecular formula is C14H10F2N2O3. The first-order chi connectivity index (χ1) is 9.88. The molecule has 108 valence electrons. The number of pyridine rings is 1. The monoisotopic (exact) mass is 292 g/mol. The fourth-order valence-corrected chi connectivity index (χ4v) is 1.69. The van der Waals surface area contributed by atoms with E-state index in [9.17, 15) is 18.4 Å². The lowest BCUT2D eigenvalue weighted by molar-refractivity contribution is 0.0691. The lowest BCUT2D eigenvalue weighted by Crippen LogP contribution is -2.14. The molecule has 5 nitrogen and oxygen atoms in total. The molecule has 0 bridgehead atoms. The highest BCUT2D eigenvalue weighted by Gasteiger charge is 2.17. The summed E-state index contributed by atoms with van der Waals surface area (Å²) in [4.78, 5) is 26.7. The number of aromatic nitrogens is 1. The number of benzene rings is 1. The van der Waals surface area contributed by atoms with E-state index >= 15 is 0 Å². The molecule has 0 saturated heterocycles. The number of nitrogens with zero attached hydrogens (tertiary/aromatic N) is 1. The number of rotatable bonds is 3. The molecule has 0 aliphatic heterocycles. The summed E-state index contributed by atoms with van der Waals surface area (Å²) in [5, 5.41) is 11.0. The molecule has 0 aliphatic carbocycles. The third-order valence-corrected chi connectivity index (χ3v) is 2.69. The van der Waals surface area contributed by atoms with Crippen LogP contribution in [0, 0.1) is 18.6 Å². The molecule has 0 saturated carbocycles. The first-order valence-electron chi connectivity index (χ1n) is 5.85. The van der Waals surface area contributed by atoms with Crippen LogP contribution < -0.4 is 5.32 Å². The molecule has 0 fully saturated rings. The molecule has 0 aliphatic rings. The summed E-state index contributed by atoms with van der Waals surface area (Å²) in [5.41, 5.74) is -0.317. The minimum atomic E-state index is -1.55. The van der Waals surface area contributed by atoms with Crippen molar-refractivity contribution in [3.63, 3.8) is 0 Å². The van der Waals surface area contributed by atoms with Crippen molar-refractivity contribution in [3.05, 3.63) is 58.9 Å². The van der Waals surface area contributed by atoms with Crippen LogP contribution in [-0.2, 0) is 0 Å². The van der Waals surface area contributed by atoms with Crippen LogP contribution in [0.25, 0.3) is 0 Å². The van der Waals surface area contributed by atoms with E-state index in [0.29, 0.717) is 11.8 Å². The van der Waals surface area contributed by atoms with Gasteiger partial charge >= 0.3 is 5.97 Å². The first-order valence-corrected chi connectivity index (χ1v) is 5.85. The number of anilines is 1. The van der Waals surface area contributed by atoms with Crippen molar-refractivity contribution in [2.75, 3.05) is 5.32 Å². The molecular weight excluding hydrogens is 282 g/mol. The highest BCUT2D eigenvalue weighted by atomic mass is 19.1. The van der Waals surface area contributed by atoms with E-state index in [2.05, 4.69) is 10.3 Å². The number of nitrogens with one attached hydrogen (secondary N) is 1. The van der Waals surface area contributed by atoms with Crippen LogP contribution in [0.15, 0.2) is 30.5 Å². The Kier molecular flexibility index (Phi) is 3.93. The number of hydrogen-bond donors (Lipinski definition) is 2. The summed E-state index contributed by atoms with van der Waals surface area (Å²) >= 11 is 0. The maximum absolute atomic E-state index is 13.6. The van der Waals surface area contributed by atoms with Gasteiger partial charge in [0.2, 0.25) is 0 Å². The van der Waals surface area contributed by atoms with Crippen LogP contribution in [-0.4, -0.2) is 22.0 Å². The zero-order valence-corrected chi connectivity index (χ0v) is 10.9. The Morgan fingerprint density at radius 1 is 1.19 bits per heavy atom. The maximum Gasteiger partial charge on any atom is 0.338 e. The zero-order chi connectivity index (χ0) is 15.6. The Bertz CT molecular complexity index is 732. The molecule has 1 aromatic heterocycles. The number of carbonyl (C=O) groups excluding carboxylic acids is 1. The minimum absolute atomic E-state index is 0.225.